The van der Waals surface area contributed by atoms with Crippen LogP contribution >= 0.6 is 11.3 Å². The van der Waals surface area contributed by atoms with Gasteiger partial charge in [0.1, 0.15) is 11.6 Å². The summed E-state index contributed by atoms with van der Waals surface area (Å²) in [7, 11) is 2.05. The van der Waals surface area contributed by atoms with E-state index in [9.17, 15) is 0 Å². The van der Waals surface area contributed by atoms with Gasteiger partial charge in [0.15, 0.2) is 0 Å². The van der Waals surface area contributed by atoms with Crippen molar-refractivity contribution in [1.29, 1.82) is 0 Å². The fourth-order valence-corrected chi connectivity index (χ4v) is 3.76. The normalized spacial score (nSPS) is 14.9. The van der Waals surface area contributed by atoms with E-state index < -0.39 is 0 Å². The molecule has 1 aromatic carbocycles. The lowest BCUT2D eigenvalue weighted by molar-refractivity contribution is 0.462. The largest absolute Gasteiger partial charge is 0.366 e. The molecule has 2 heterocycles. The second kappa shape index (κ2) is 10.8. The van der Waals surface area contributed by atoms with Gasteiger partial charge in [-0.05, 0) is 47.1 Å². The summed E-state index contributed by atoms with van der Waals surface area (Å²) in [5.41, 5.74) is 4.80. The minimum atomic E-state index is 0.482. The Morgan fingerprint density at radius 3 is 2.66 bits per heavy atom. The van der Waals surface area contributed by atoms with Crippen molar-refractivity contribution in [3.63, 3.8) is 0 Å². The first-order valence-corrected chi connectivity index (χ1v) is 11.1. The summed E-state index contributed by atoms with van der Waals surface area (Å²) in [5, 5.41) is 5.62. The molecule has 0 radical (unpaired) electrons. The summed E-state index contributed by atoms with van der Waals surface area (Å²) in [6, 6.07) is 10.9. The van der Waals surface area contributed by atoms with Crippen molar-refractivity contribution in [3.05, 3.63) is 87.7 Å². The van der Waals surface area contributed by atoms with Gasteiger partial charge >= 0.3 is 0 Å². The number of rotatable bonds is 6. The van der Waals surface area contributed by atoms with Gasteiger partial charge in [0.2, 0.25) is 0 Å². The third-order valence-corrected chi connectivity index (χ3v) is 5.67. The smallest absolute Gasteiger partial charge is 0.141 e. The number of benzene rings is 1. The molecule has 0 unspecified atom stereocenters. The lowest BCUT2D eigenvalue weighted by atomic mass is 9.93. The number of hydrogen-bond acceptors (Lipinski definition) is 4. The topological polar surface area (TPSA) is 27.6 Å². The monoisotopic (exact) mass is 407 g/mol. The lowest BCUT2D eigenvalue weighted by Crippen LogP contribution is -2.30. The zero-order valence-electron chi connectivity index (χ0n) is 18.5. The van der Waals surface area contributed by atoms with E-state index in [1.54, 1.807) is 11.3 Å². The molecule has 29 heavy (non-hydrogen) atoms. The molecular formula is C25H33N3S. The predicted molar refractivity (Wildman–Crippen MR) is 129 cm³/mol. The van der Waals surface area contributed by atoms with Crippen LogP contribution in [0, 0.1) is 6.92 Å². The maximum absolute atomic E-state index is 4.66. The fourth-order valence-electron chi connectivity index (χ4n) is 3.12. The molecule has 0 saturated carbocycles. The first-order valence-electron chi connectivity index (χ1n) is 10.2. The number of nitrogens with zero attached hydrogens (tertiary/aromatic N) is 2. The first kappa shape index (κ1) is 22.7. The highest BCUT2D eigenvalue weighted by Gasteiger charge is 2.18. The first-order chi connectivity index (χ1) is 14.0. The van der Waals surface area contributed by atoms with Crippen molar-refractivity contribution >= 4 is 23.1 Å². The van der Waals surface area contributed by atoms with Crippen LogP contribution in [0.1, 0.15) is 55.2 Å². The van der Waals surface area contributed by atoms with Gasteiger partial charge in [0, 0.05) is 23.7 Å². The van der Waals surface area contributed by atoms with E-state index in [1.165, 1.54) is 21.6 Å². The van der Waals surface area contributed by atoms with E-state index in [4.69, 9.17) is 0 Å². The van der Waals surface area contributed by atoms with Gasteiger partial charge < -0.3 is 10.2 Å². The fraction of sp³-hybridized carbons (Fsp3) is 0.320. The summed E-state index contributed by atoms with van der Waals surface area (Å²) < 4.78 is 0. The Morgan fingerprint density at radius 1 is 1.28 bits per heavy atom. The maximum atomic E-state index is 4.66. The van der Waals surface area contributed by atoms with Crippen LogP contribution in [0.25, 0.3) is 5.57 Å². The van der Waals surface area contributed by atoms with Crippen LogP contribution in [0.15, 0.2) is 71.1 Å². The molecule has 0 fully saturated rings. The molecule has 3 rings (SSSR count). The molecule has 0 atom stereocenters. The van der Waals surface area contributed by atoms with Gasteiger partial charge in [0.25, 0.3) is 0 Å². The third-order valence-electron chi connectivity index (χ3n) is 4.80. The van der Waals surface area contributed by atoms with Gasteiger partial charge in [-0.25, -0.2) is 4.99 Å². The highest BCUT2D eigenvalue weighted by Crippen LogP contribution is 2.30. The van der Waals surface area contributed by atoms with Crippen LogP contribution in [-0.2, 0) is 6.54 Å². The van der Waals surface area contributed by atoms with Crippen LogP contribution in [0.2, 0.25) is 0 Å². The summed E-state index contributed by atoms with van der Waals surface area (Å²) in [6.45, 7) is 15.5. The van der Waals surface area contributed by atoms with E-state index >= 15 is 0 Å². The SMILES string of the molecule is C=C/C(=C1/N=CC=C(NCc2cccs2)N1C)c1cc(C(C)C)ccc1C.CC. The molecule has 4 heteroatoms. The number of thiophene rings is 1. The van der Waals surface area contributed by atoms with Crippen molar-refractivity contribution in [2.24, 2.45) is 4.99 Å². The van der Waals surface area contributed by atoms with Gasteiger partial charge in [-0.15, -0.1) is 11.3 Å². The summed E-state index contributed by atoms with van der Waals surface area (Å²) in [4.78, 5) is 8.07. The Balaban J connectivity index is 0.00000145. The van der Waals surface area contributed by atoms with Gasteiger partial charge in [-0.3, -0.25) is 0 Å². The van der Waals surface area contributed by atoms with E-state index in [0.717, 1.165) is 23.8 Å². The van der Waals surface area contributed by atoms with Crippen molar-refractivity contribution in [3.8, 4) is 0 Å². The second-order valence-electron chi connectivity index (χ2n) is 6.99. The molecule has 0 aliphatic carbocycles. The Hall–Kier alpha value is -2.59. The van der Waals surface area contributed by atoms with Gasteiger partial charge in [-0.2, -0.15) is 0 Å². The van der Waals surface area contributed by atoms with Crippen LogP contribution in [0.4, 0.5) is 0 Å². The highest BCUT2D eigenvalue weighted by molar-refractivity contribution is 7.09. The molecular weight excluding hydrogens is 374 g/mol. The highest BCUT2D eigenvalue weighted by atomic mass is 32.1. The number of hydrogen-bond donors (Lipinski definition) is 1. The van der Waals surface area contributed by atoms with Gasteiger partial charge in [-0.1, -0.05) is 64.6 Å². The Kier molecular flexibility index (Phi) is 8.47. The van der Waals surface area contributed by atoms with Crippen molar-refractivity contribution in [1.82, 2.24) is 10.2 Å². The van der Waals surface area contributed by atoms with Crippen LogP contribution < -0.4 is 5.32 Å². The average Bonchev–Trinajstić information content (AvgIpc) is 3.25. The molecule has 1 aliphatic rings. The standard InChI is InChI=1S/C23H27N3S.C2H6/c1-6-20(21-14-18(16(2)3)10-9-17(21)4)23-24-12-11-22(26(23)5)25-15-19-8-7-13-27-19;1-2/h6-14,16,25H,1,15H2,2-5H3;1-2H3/b23-20+;. The Labute approximate surface area is 180 Å². The number of allylic oxidation sites excluding steroid dienone is 3. The van der Waals surface area contributed by atoms with E-state index in [-0.39, 0.29) is 0 Å². The zero-order valence-corrected chi connectivity index (χ0v) is 19.3. The molecule has 3 nitrogen and oxygen atoms in total. The van der Waals surface area contributed by atoms with Crippen molar-refractivity contribution in [2.45, 2.75) is 47.1 Å². The van der Waals surface area contributed by atoms with Gasteiger partial charge in [0.05, 0.1) is 6.54 Å². The Morgan fingerprint density at radius 2 is 2.03 bits per heavy atom. The molecule has 0 amide bonds. The average molecular weight is 408 g/mol. The number of aliphatic imine (C=N–C) groups is 1. The molecule has 0 saturated heterocycles. The van der Waals surface area contributed by atoms with Crippen molar-refractivity contribution in [2.75, 3.05) is 7.05 Å². The second-order valence-corrected chi connectivity index (χ2v) is 8.02. The lowest BCUT2D eigenvalue weighted by Gasteiger charge is -2.28. The molecule has 2 aromatic rings. The zero-order chi connectivity index (χ0) is 21.4. The molecule has 1 aliphatic heterocycles. The molecule has 1 N–H and O–H groups in total. The summed E-state index contributed by atoms with van der Waals surface area (Å²) in [5.74, 6) is 2.42. The van der Waals surface area contributed by atoms with E-state index in [0.29, 0.717) is 5.92 Å². The molecule has 0 spiro atoms. The third kappa shape index (κ3) is 5.48. The maximum Gasteiger partial charge on any atom is 0.141 e. The Bertz CT molecular complexity index is 902. The number of aryl methyl sites for hydroxylation is 1. The quantitative estimate of drug-likeness (QED) is 0.576. The van der Waals surface area contributed by atoms with E-state index in [2.05, 4.69) is 78.3 Å². The molecule has 1 aromatic heterocycles. The predicted octanol–water partition coefficient (Wildman–Crippen LogP) is 6.71. The summed E-state index contributed by atoms with van der Waals surface area (Å²) in [6.07, 6.45) is 5.78. The molecule has 154 valence electrons. The van der Waals surface area contributed by atoms with Crippen LogP contribution in [0.3, 0.4) is 0 Å². The minimum absolute atomic E-state index is 0.482. The van der Waals surface area contributed by atoms with Crippen LogP contribution in [0.5, 0.6) is 0 Å². The van der Waals surface area contributed by atoms with E-state index in [1.807, 2.05) is 39.3 Å². The minimum Gasteiger partial charge on any atom is -0.366 e. The van der Waals surface area contributed by atoms with Crippen molar-refractivity contribution < 1.29 is 0 Å². The number of nitrogens with one attached hydrogen (secondary N) is 1. The van der Waals surface area contributed by atoms with Crippen LogP contribution in [-0.4, -0.2) is 18.2 Å². The molecule has 0 bridgehead atoms. The summed E-state index contributed by atoms with van der Waals surface area (Å²) >= 11 is 1.76.